The van der Waals surface area contributed by atoms with Gasteiger partial charge >= 0.3 is 0 Å². The van der Waals surface area contributed by atoms with Crippen LogP contribution in [0.3, 0.4) is 0 Å². The highest BCUT2D eigenvalue weighted by Gasteiger charge is 2.12. The molecule has 0 radical (unpaired) electrons. The van der Waals surface area contributed by atoms with Gasteiger partial charge < -0.3 is 10.1 Å². The average Bonchev–Trinajstić information content (AvgIpc) is 2.39. The maximum absolute atomic E-state index is 8.73. The van der Waals surface area contributed by atoms with E-state index >= 15 is 0 Å². The molecule has 0 fully saturated rings. The number of nitrogens with one attached hydrogen (secondary N) is 1. The van der Waals surface area contributed by atoms with Gasteiger partial charge in [0.15, 0.2) is 0 Å². The summed E-state index contributed by atoms with van der Waals surface area (Å²) in [6.45, 7) is 8.69. The molecule has 0 heterocycles. The van der Waals surface area contributed by atoms with Crippen molar-refractivity contribution in [2.24, 2.45) is 5.92 Å². The number of hydrogen-bond acceptors (Lipinski definition) is 3. The maximum atomic E-state index is 8.73. The highest BCUT2D eigenvalue weighted by Crippen LogP contribution is 2.06. The monoisotopic (exact) mass is 246 g/mol. The largest absolute Gasteiger partial charge is 0.380 e. The summed E-state index contributed by atoms with van der Waals surface area (Å²) in [6.07, 6.45) is 0. The Morgan fingerprint density at radius 1 is 1.28 bits per heavy atom. The fourth-order valence-corrected chi connectivity index (χ4v) is 1.68. The second-order valence-corrected chi connectivity index (χ2v) is 4.70. The van der Waals surface area contributed by atoms with Crippen molar-refractivity contribution in [3.05, 3.63) is 35.4 Å². The van der Waals surface area contributed by atoms with Crippen LogP contribution in [0.5, 0.6) is 0 Å². The minimum Gasteiger partial charge on any atom is -0.380 e. The van der Waals surface area contributed by atoms with Crippen molar-refractivity contribution in [2.45, 2.75) is 33.4 Å². The van der Waals surface area contributed by atoms with Crippen molar-refractivity contribution in [2.75, 3.05) is 13.2 Å². The summed E-state index contributed by atoms with van der Waals surface area (Å²) in [6, 6.07) is 10.2. The van der Waals surface area contributed by atoms with Crippen LogP contribution in [0.15, 0.2) is 24.3 Å². The molecular formula is C15H22N2O. The lowest BCUT2D eigenvalue weighted by molar-refractivity contribution is 0.108. The van der Waals surface area contributed by atoms with E-state index in [-0.39, 0.29) is 0 Å². The molecular weight excluding hydrogens is 224 g/mol. The van der Waals surface area contributed by atoms with Crippen molar-refractivity contribution in [1.29, 1.82) is 5.26 Å². The molecule has 0 spiro atoms. The van der Waals surface area contributed by atoms with Gasteiger partial charge in [-0.05, 0) is 30.5 Å². The maximum Gasteiger partial charge on any atom is 0.0991 e. The second kappa shape index (κ2) is 7.86. The van der Waals surface area contributed by atoms with E-state index < -0.39 is 0 Å². The van der Waals surface area contributed by atoms with E-state index in [1.807, 2.05) is 31.2 Å². The van der Waals surface area contributed by atoms with Gasteiger partial charge in [-0.15, -0.1) is 0 Å². The highest BCUT2D eigenvalue weighted by molar-refractivity contribution is 5.31. The van der Waals surface area contributed by atoms with Crippen LogP contribution in [0, 0.1) is 17.2 Å². The Morgan fingerprint density at radius 3 is 2.44 bits per heavy atom. The van der Waals surface area contributed by atoms with Gasteiger partial charge in [0.25, 0.3) is 0 Å². The average molecular weight is 246 g/mol. The molecule has 3 heteroatoms. The topological polar surface area (TPSA) is 45.0 Å². The van der Waals surface area contributed by atoms with Gasteiger partial charge in [0, 0.05) is 19.2 Å². The molecule has 18 heavy (non-hydrogen) atoms. The Balaban J connectivity index is 2.48. The van der Waals surface area contributed by atoms with Crippen molar-refractivity contribution >= 4 is 0 Å². The Kier molecular flexibility index (Phi) is 6.42. The lowest BCUT2D eigenvalue weighted by Crippen LogP contribution is -2.37. The minimum absolute atomic E-state index is 0.362. The molecule has 98 valence electrons. The van der Waals surface area contributed by atoms with Crippen molar-refractivity contribution in [3.8, 4) is 6.07 Å². The lowest BCUT2D eigenvalue weighted by atomic mass is 10.0. The lowest BCUT2D eigenvalue weighted by Gasteiger charge is -2.22. The molecule has 1 aromatic rings. The summed E-state index contributed by atoms with van der Waals surface area (Å²) in [4.78, 5) is 0. The smallest absolute Gasteiger partial charge is 0.0991 e. The van der Waals surface area contributed by atoms with Gasteiger partial charge in [0.05, 0.1) is 18.2 Å². The third-order valence-corrected chi connectivity index (χ3v) is 2.96. The molecule has 3 nitrogen and oxygen atoms in total. The van der Waals surface area contributed by atoms with Crippen LogP contribution >= 0.6 is 0 Å². The molecule has 0 aliphatic carbocycles. The minimum atomic E-state index is 0.362. The van der Waals surface area contributed by atoms with E-state index in [9.17, 15) is 0 Å². The summed E-state index contributed by atoms with van der Waals surface area (Å²) in [5, 5.41) is 12.2. The molecule has 1 rings (SSSR count). The SMILES string of the molecule is CCOCC(NCc1ccc(C#N)cc1)C(C)C. The van der Waals surface area contributed by atoms with E-state index in [2.05, 4.69) is 25.2 Å². The van der Waals surface area contributed by atoms with Crippen LogP contribution in [-0.4, -0.2) is 19.3 Å². The van der Waals surface area contributed by atoms with E-state index in [1.165, 1.54) is 5.56 Å². The highest BCUT2D eigenvalue weighted by atomic mass is 16.5. The van der Waals surface area contributed by atoms with Crippen LogP contribution in [0.1, 0.15) is 31.9 Å². The number of ether oxygens (including phenoxy) is 1. The molecule has 0 aliphatic rings. The van der Waals surface area contributed by atoms with Gasteiger partial charge in [-0.25, -0.2) is 0 Å². The molecule has 0 aliphatic heterocycles. The normalized spacial score (nSPS) is 12.4. The molecule has 1 N–H and O–H groups in total. The fourth-order valence-electron chi connectivity index (χ4n) is 1.68. The van der Waals surface area contributed by atoms with Crippen LogP contribution in [0.4, 0.5) is 0 Å². The number of nitriles is 1. The molecule has 1 unspecified atom stereocenters. The molecule has 0 aromatic heterocycles. The Labute approximate surface area is 110 Å². The molecule has 0 bridgehead atoms. The number of rotatable bonds is 7. The quantitative estimate of drug-likeness (QED) is 0.804. The number of nitrogens with zero attached hydrogens (tertiary/aromatic N) is 1. The summed E-state index contributed by atoms with van der Waals surface area (Å²) >= 11 is 0. The molecule has 0 saturated carbocycles. The molecule has 1 aromatic carbocycles. The Morgan fingerprint density at radius 2 is 1.94 bits per heavy atom. The van der Waals surface area contributed by atoms with Crippen LogP contribution in [0.2, 0.25) is 0 Å². The van der Waals surface area contributed by atoms with E-state index in [1.54, 1.807) is 0 Å². The zero-order valence-electron chi connectivity index (χ0n) is 11.4. The van der Waals surface area contributed by atoms with E-state index in [0.717, 1.165) is 19.8 Å². The fraction of sp³-hybridized carbons (Fsp3) is 0.533. The third kappa shape index (κ3) is 4.87. The standard InChI is InChI=1S/C15H22N2O/c1-4-18-11-15(12(2)3)17-10-14-7-5-13(9-16)6-8-14/h5-8,12,15,17H,4,10-11H2,1-3H3. The summed E-state index contributed by atoms with van der Waals surface area (Å²) in [7, 11) is 0. The first-order chi connectivity index (χ1) is 8.67. The summed E-state index contributed by atoms with van der Waals surface area (Å²) < 4.78 is 5.48. The second-order valence-electron chi connectivity index (χ2n) is 4.70. The number of hydrogen-bond donors (Lipinski definition) is 1. The van der Waals surface area contributed by atoms with Gasteiger partial charge in [0.1, 0.15) is 0 Å². The Bertz CT molecular complexity index is 378. The summed E-state index contributed by atoms with van der Waals surface area (Å²) in [5.41, 5.74) is 1.89. The molecule has 0 amide bonds. The van der Waals surface area contributed by atoms with Gasteiger partial charge in [0.2, 0.25) is 0 Å². The Hall–Kier alpha value is -1.37. The first-order valence-corrected chi connectivity index (χ1v) is 6.47. The van der Waals surface area contributed by atoms with E-state index in [4.69, 9.17) is 10.00 Å². The third-order valence-electron chi connectivity index (χ3n) is 2.96. The van der Waals surface area contributed by atoms with Gasteiger partial charge in [-0.3, -0.25) is 0 Å². The first-order valence-electron chi connectivity index (χ1n) is 6.47. The summed E-state index contributed by atoms with van der Waals surface area (Å²) in [5.74, 6) is 0.537. The zero-order chi connectivity index (χ0) is 13.4. The van der Waals surface area contributed by atoms with Crippen molar-refractivity contribution in [1.82, 2.24) is 5.32 Å². The van der Waals surface area contributed by atoms with Crippen molar-refractivity contribution in [3.63, 3.8) is 0 Å². The van der Waals surface area contributed by atoms with E-state index in [0.29, 0.717) is 17.5 Å². The van der Waals surface area contributed by atoms with Gasteiger partial charge in [-0.1, -0.05) is 26.0 Å². The molecule has 1 atom stereocenters. The first kappa shape index (κ1) is 14.7. The van der Waals surface area contributed by atoms with Crippen molar-refractivity contribution < 1.29 is 4.74 Å². The predicted octanol–water partition coefficient (Wildman–Crippen LogP) is 2.71. The molecule has 0 saturated heterocycles. The van der Waals surface area contributed by atoms with Crippen LogP contribution < -0.4 is 5.32 Å². The predicted molar refractivity (Wildman–Crippen MR) is 73.1 cm³/mol. The zero-order valence-corrected chi connectivity index (χ0v) is 11.4. The van der Waals surface area contributed by atoms with Gasteiger partial charge in [-0.2, -0.15) is 5.26 Å². The van der Waals surface area contributed by atoms with Crippen LogP contribution in [-0.2, 0) is 11.3 Å². The van der Waals surface area contributed by atoms with Crippen LogP contribution in [0.25, 0.3) is 0 Å². The number of benzene rings is 1.